The van der Waals surface area contributed by atoms with Crippen LogP contribution in [0.5, 0.6) is 0 Å². The first kappa shape index (κ1) is 15.1. The van der Waals surface area contributed by atoms with E-state index in [0.29, 0.717) is 19.6 Å². The topological polar surface area (TPSA) is 58.6 Å². The maximum absolute atomic E-state index is 12.5. The number of amides is 2. The number of hydrogen-bond donors (Lipinski definition) is 1. The molecule has 0 atom stereocenters. The van der Waals surface area contributed by atoms with Crippen LogP contribution in [-0.4, -0.2) is 36.6 Å². The zero-order valence-corrected chi connectivity index (χ0v) is 10.9. The Hall–Kier alpha value is -2.25. The van der Waals surface area contributed by atoms with Crippen molar-refractivity contribution < 1.29 is 27.5 Å². The van der Waals surface area contributed by atoms with Crippen LogP contribution < -0.4 is 5.32 Å². The fourth-order valence-electron chi connectivity index (χ4n) is 1.89. The summed E-state index contributed by atoms with van der Waals surface area (Å²) in [7, 11) is 0. The van der Waals surface area contributed by atoms with E-state index in [1.54, 1.807) is 0 Å². The molecular formula is C13H13F3N2O3. The second kappa shape index (κ2) is 6.02. The Kier molecular flexibility index (Phi) is 4.35. The molecule has 1 aliphatic heterocycles. The maximum Gasteiger partial charge on any atom is 0.416 e. The number of anilines is 1. The van der Waals surface area contributed by atoms with Crippen molar-refractivity contribution in [1.82, 2.24) is 4.90 Å². The molecule has 1 aliphatic rings. The number of carbonyl (C=O) groups excluding carboxylic acids is 2. The number of carbonyl (C=O) groups is 2. The van der Waals surface area contributed by atoms with Gasteiger partial charge in [-0.15, -0.1) is 0 Å². The summed E-state index contributed by atoms with van der Waals surface area (Å²) < 4.78 is 42.4. The summed E-state index contributed by atoms with van der Waals surface area (Å²) in [5.74, 6) is -0.576. The van der Waals surface area contributed by atoms with Crippen LogP contribution in [0.25, 0.3) is 0 Å². The van der Waals surface area contributed by atoms with Crippen molar-refractivity contribution in [1.29, 1.82) is 0 Å². The second-order valence-corrected chi connectivity index (χ2v) is 4.52. The van der Waals surface area contributed by atoms with Gasteiger partial charge >= 0.3 is 12.3 Å². The summed E-state index contributed by atoms with van der Waals surface area (Å²) >= 11 is 0. The van der Waals surface area contributed by atoms with Crippen LogP contribution in [-0.2, 0) is 15.7 Å². The molecule has 0 saturated carbocycles. The minimum Gasteiger partial charge on any atom is -0.449 e. The first-order valence-electron chi connectivity index (χ1n) is 6.25. The monoisotopic (exact) mass is 302 g/mol. The summed E-state index contributed by atoms with van der Waals surface area (Å²) in [4.78, 5) is 24.3. The van der Waals surface area contributed by atoms with Crippen molar-refractivity contribution in [2.24, 2.45) is 0 Å². The molecule has 2 amide bonds. The van der Waals surface area contributed by atoms with Gasteiger partial charge in [0.2, 0.25) is 5.91 Å². The first-order chi connectivity index (χ1) is 9.86. The predicted molar refractivity (Wildman–Crippen MR) is 67.6 cm³/mol. The molecule has 1 heterocycles. The molecule has 21 heavy (non-hydrogen) atoms. The summed E-state index contributed by atoms with van der Waals surface area (Å²) in [5.41, 5.74) is -0.821. The molecule has 1 aromatic carbocycles. The molecule has 1 N–H and O–H groups in total. The smallest absolute Gasteiger partial charge is 0.416 e. The molecule has 114 valence electrons. The van der Waals surface area contributed by atoms with E-state index in [1.165, 1.54) is 17.0 Å². The molecule has 0 radical (unpaired) electrons. The van der Waals surface area contributed by atoms with Gasteiger partial charge in [0.15, 0.2) is 0 Å². The van der Waals surface area contributed by atoms with Gasteiger partial charge in [0.1, 0.15) is 6.54 Å². The van der Waals surface area contributed by atoms with Crippen molar-refractivity contribution in [3.05, 3.63) is 29.8 Å². The molecule has 0 unspecified atom stereocenters. The molecule has 0 aromatic heterocycles. The quantitative estimate of drug-likeness (QED) is 0.933. The molecule has 8 heteroatoms. The van der Waals surface area contributed by atoms with Crippen LogP contribution in [0.3, 0.4) is 0 Å². The van der Waals surface area contributed by atoms with Gasteiger partial charge in [-0.1, -0.05) is 6.07 Å². The third kappa shape index (κ3) is 4.11. The van der Waals surface area contributed by atoms with Crippen LogP contribution in [0, 0.1) is 0 Å². The van der Waals surface area contributed by atoms with Gasteiger partial charge in [-0.05, 0) is 24.6 Å². The highest BCUT2D eigenvalue weighted by atomic mass is 19.4. The number of cyclic esters (lactones) is 1. The number of benzene rings is 1. The minimum atomic E-state index is -4.47. The molecule has 1 fully saturated rings. The zero-order valence-electron chi connectivity index (χ0n) is 10.9. The molecule has 1 saturated heterocycles. The van der Waals surface area contributed by atoms with Gasteiger partial charge in [-0.25, -0.2) is 4.79 Å². The molecule has 0 spiro atoms. The van der Waals surface area contributed by atoms with E-state index in [2.05, 4.69) is 5.32 Å². The summed E-state index contributed by atoms with van der Waals surface area (Å²) in [6, 6.07) is 4.30. The summed E-state index contributed by atoms with van der Waals surface area (Å²) in [6.07, 6.45) is -4.46. The molecule has 5 nitrogen and oxygen atoms in total. The lowest BCUT2D eigenvalue weighted by Crippen LogP contribution is -2.42. The van der Waals surface area contributed by atoms with E-state index in [9.17, 15) is 22.8 Å². The Balaban J connectivity index is 1.98. The van der Waals surface area contributed by atoms with Crippen molar-refractivity contribution in [2.75, 3.05) is 25.0 Å². The predicted octanol–water partition coefficient (Wildman–Crippen LogP) is 2.49. The highest BCUT2D eigenvalue weighted by molar-refractivity contribution is 5.94. The Morgan fingerprint density at radius 1 is 1.38 bits per heavy atom. The number of rotatable bonds is 3. The van der Waals surface area contributed by atoms with Crippen LogP contribution in [0.2, 0.25) is 0 Å². The lowest BCUT2D eigenvalue weighted by Gasteiger charge is -2.25. The zero-order chi connectivity index (χ0) is 15.5. The van der Waals surface area contributed by atoms with Crippen LogP contribution in [0.1, 0.15) is 12.0 Å². The van der Waals surface area contributed by atoms with Gasteiger partial charge in [0.25, 0.3) is 0 Å². The van der Waals surface area contributed by atoms with Crippen molar-refractivity contribution in [2.45, 2.75) is 12.6 Å². The Morgan fingerprint density at radius 2 is 2.14 bits per heavy atom. The second-order valence-electron chi connectivity index (χ2n) is 4.52. The van der Waals surface area contributed by atoms with Crippen LogP contribution in [0.4, 0.5) is 23.7 Å². The van der Waals surface area contributed by atoms with E-state index < -0.39 is 23.7 Å². The average Bonchev–Trinajstić information content (AvgIpc) is 2.41. The highest BCUT2D eigenvalue weighted by Gasteiger charge is 2.30. The standard InChI is InChI=1S/C13H13F3N2O3/c14-13(15,16)9-3-1-4-10(7-9)17-11(19)8-18-5-2-6-21-12(18)20/h1,3-4,7H,2,5-6,8H2,(H,17,19). The Bertz CT molecular complexity index is 546. The SMILES string of the molecule is O=C(CN1CCCOC1=O)Nc1cccc(C(F)(F)F)c1. The highest BCUT2D eigenvalue weighted by Crippen LogP contribution is 2.30. The first-order valence-corrected chi connectivity index (χ1v) is 6.25. The molecule has 1 aromatic rings. The number of hydrogen-bond acceptors (Lipinski definition) is 3. The van der Waals surface area contributed by atoms with Gasteiger partial charge in [0.05, 0.1) is 12.2 Å². The van der Waals surface area contributed by atoms with E-state index >= 15 is 0 Å². The van der Waals surface area contributed by atoms with E-state index in [-0.39, 0.29) is 12.2 Å². The van der Waals surface area contributed by atoms with E-state index in [4.69, 9.17) is 4.74 Å². The van der Waals surface area contributed by atoms with Crippen LogP contribution in [0.15, 0.2) is 24.3 Å². The summed E-state index contributed by atoms with van der Waals surface area (Å²) in [5, 5.41) is 2.33. The number of nitrogens with one attached hydrogen (secondary N) is 1. The Morgan fingerprint density at radius 3 is 2.81 bits per heavy atom. The van der Waals surface area contributed by atoms with Gasteiger partial charge in [0, 0.05) is 12.2 Å². The normalized spacial score (nSPS) is 15.6. The molecular weight excluding hydrogens is 289 g/mol. The van der Waals surface area contributed by atoms with Gasteiger partial charge in [-0.2, -0.15) is 13.2 Å². The molecule has 2 rings (SSSR count). The molecule has 0 aliphatic carbocycles. The fraction of sp³-hybridized carbons (Fsp3) is 0.385. The fourth-order valence-corrected chi connectivity index (χ4v) is 1.89. The lowest BCUT2D eigenvalue weighted by molar-refractivity contribution is -0.137. The largest absolute Gasteiger partial charge is 0.449 e. The van der Waals surface area contributed by atoms with Crippen molar-refractivity contribution in [3.8, 4) is 0 Å². The number of halogens is 3. The third-order valence-corrected chi connectivity index (χ3v) is 2.86. The van der Waals surface area contributed by atoms with Crippen molar-refractivity contribution in [3.63, 3.8) is 0 Å². The number of alkyl halides is 3. The minimum absolute atomic E-state index is 0.0280. The third-order valence-electron chi connectivity index (χ3n) is 2.86. The summed E-state index contributed by atoms with van der Waals surface area (Å²) in [6.45, 7) is 0.439. The van der Waals surface area contributed by atoms with Gasteiger partial charge in [-0.3, -0.25) is 9.69 Å². The van der Waals surface area contributed by atoms with E-state index in [1.807, 2.05) is 0 Å². The number of nitrogens with zero attached hydrogens (tertiary/aromatic N) is 1. The lowest BCUT2D eigenvalue weighted by atomic mass is 10.2. The average molecular weight is 302 g/mol. The maximum atomic E-state index is 12.5. The Labute approximate surface area is 118 Å². The van der Waals surface area contributed by atoms with Crippen LogP contribution >= 0.6 is 0 Å². The van der Waals surface area contributed by atoms with Gasteiger partial charge < -0.3 is 10.1 Å². The van der Waals surface area contributed by atoms with E-state index in [0.717, 1.165) is 12.1 Å². The molecule has 0 bridgehead atoms. The number of ether oxygens (including phenoxy) is 1. The van der Waals surface area contributed by atoms with Crippen molar-refractivity contribution >= 4 is 17.7 Å².